The lowest BCUT2D eigenvalue weighted by atomic mass is 9.73. The predicted octanol–water partition coefficient (Wildman–Crippen LogP) is 24.5. The predicted molar refractivity (Wildman–Crippen MR) is 549 cm³/mol. The molecule has 4 aliphatic heterocycles. The van der Waals surface area contributed by atoms with Crippen LogP contribution in [0.1, 0.15) is 265 Å². The molecule has 2 fully saturated rings. The van der Waals surface area contributed by atoms with Gasteiger partial charge < -0.3 is 74.5 Å². The SMILES string of the molecule is CC(C)N1C2=CC(=NC(=O)OCCOc3ccc(O)c(O)c3)C(=C3C(=O)C(c4cc5c(cc4NC(=O)OCCOc4ccc(O)c(O)c4)N(C(C)C)C(C)C5(C)C)=C3O)C=C2C(C)(C)C1C.CCCCC(CC)CSCCCC(=S)N=C1C=C2C(=CC1=C1C(=O)C(c3cc4c(cc3NC(=S)CCCSCC(CC)CCCC)N(C(C)C)C(C)C4(C)C)=C1O)C(C)(C)C(C)N2C(C)C. The lowest BCUT2D eigenvalue weighted by Crippen LogP contribution is -2.42. The number of likely N-dealkylation sites (tertiary alicyclic amines) is 2. The van der Waals surface area contributed by atoms with Gasteiger partial charge in [0, 0.05) is 139 Å². The number of rotatable bonds is 36. The van der Waals surface area contributed by atoms with Crippen molar-refractivity contribution in [2.75, 3.05) is 69.9 Å². The standard InChI is InChI=1S/C56H86N4O2S4.C50H58N4O12/c1-15-19-23-39(17-3)33-65-27-21-25-49(63)57-45-31-47-43(55(11,12)37(9)59(47)35(5)6)29-41(45)51-53(61)52(54(51)62)42-30-44-48(60(36(7)8)38(10)56(44,13)14)32-46(42)58-50(64)26-22-28-66-34-40(18-4)24-20-16-2;1-25(2)53-27(5)49(7,8)33-21-31(35(23-37(33)53)51-47(61)65-17-15-63-29-11-13-39(55)41(57)19-29)43-45(59)44(46(43)60)32-22-34-38(54(26(3)4)28(6)50(34,9)10)24-36(32)52-48(62)66-18-16-64-30-12-14-40(56)42(58)20-30/h29-32,35-40,61H,15-28,33-34H2,1-14H3,(H,57,63);11-14,19-28,55-59H,15-18H2,1-10H3,(H,51,61). The van der Waals surface area contributed by atoms with Crippen LogP contribution in [0.4, 0.5) is 32.3 Å². The monoisotopic (exact) mass is 1880 g/mol. The van der Waals surface area contributed by atoms with Crippen molar-refractivity contribution < 1.29 is 68.8 Å². The van der Waals surface area contributed by atoms with E-state index in [0.717, 1.165) is 92.8 Å². The highest BCUT2D eigenvalue weighted by Crippen LogP contribution is 2.57. The number of carbonyl (C=O) groups is 4. The first-order valence-electron chi connectivity index (χ1n) is 47.7. The van der Waals surface area contributed by atoms with Gasteiger partial charge >= 0.3 is 12.2 Å². The number of hydrogen-bond acceptors (Lipinski definition) is 22. The van der Waals surface area contributed by atoms with E-state index in [0.29, 0.717) is 39.4 Å². The Hall–Kier alpha value is -9.50. The maximum atomic E-state index is 15.0. The Morgan fingerprint density at radius 2 is 0.864 bits per heavy atom. The van der Waals surface area contributed by atoms with Gasteiger partial charge in [0.1, 0.15) is 54.4 Å². The van der Waals surface area contributed by atoms with E-state index in [-0.39, 0.29) is 171 Å². The fraction of sp³-hybridized carbons (Fsp3) is 0.547. The van der Waals surface area contributed by atoms with Crippen LogP contribution in [0.3, 0.4) is 0 Å². The van der Waals surface area contributed by atoms with Crippen molar-refractivity contribution in [3.63, 3.8) is 0 Å². The van der Waals surface area contributed by atoms with Crippen molar-refractivity contribution in [2.24, 2.45) is 32.7 Å². The number of Topliss-reactive ketones (excluding diaryl/α,β-unsaturated/α-hetero) is 2. The molecule has 6 unspecified atom stereocenters. The first-order valence-corrected chi connectivity index (χ1v) is 50.8. The number of hydrogen-bond donors (Lipinski definition) is 8. The Kier molecular flexibility index (Phi) is 33.6. The molecule has 716 valence electrons. The summed E-state index contributed by atoms with van der Waals surface area (Å²) in [5, 5.41) is 69.8. The molecule has 4 aromatic rings. The topological polar surface area (TPSA) is 288 Å². The normalized spacial score (nSPS) is 21.8. The molecular weight excluding hydrogens is 1740 g/mol. The molecule has 6 atom stereocenters. The lowest BCUT2D eigenvalue weighted by molar-refractivity contribution is -0.112. The molecule has 8 N–H and O–H groups in total. The maximum Gasteiger partial charge on any atom is 0.434 e. The van der Waals surface area contributed by atoms with Gasteiger partial charge in [0.25, 0.3) is 0 Å². The summed E-state index contributed by atoms with van der Waals surface area (Å²) in [4.78, 5) is 76.9. The smallest absolute Gasteiger partial charge is 0.434 e. The average molecular weight is 1880 g/mol. The number of aliphatic hydroxyl groups is 2. The fourth-order valence-electron chi connectivity index (χ4n) is 19.7. The summed E-state index contributed by atoms with van der Waals surface area (Å²) in [7, 11) is 0. The molecule has 0 aromatic heterocycles. The number of unbranched alkanes of at least 4 members (excludes halogenated alkanes) is 2. The Bertz CT molecular complexity index is 5400. The number of benzene rings is 4. The number of anilines is 4. The second-order valence-electron chi connectivity index (χ2n) is 39.8. The molecule has 132 heavy (non-hydrogen) atoms. The summed E-state index contributed by atoms with van der Waals surface area (Å²) in [6, 6.07) is 17.1. The summed E-state index contributed by atoms with van der Waals surface area (Å²) in [6.07, 6.45) is 19.6. The lowest BCUT2D eigenvalue weighted by Gasteiger charge is -2.34. The molecule has 26 heteroatoms. The van der Waals surface area contributed by atoms with Crippen LogP contribution in [0.25, 0.3) is 11.1 Å². The van der Waals surface area contributed by atoms with E-state index in [4.69, 9.17) is 48.4 Å². The highest BCUT2D eigenvalue weighted by Gasteiger charge is 2.53. The zero-order valence-electron chi connectivity index (χ0n) is 82.3. The molecule has 4 aliphatic carbocycles. The fourth-order valence-corrected chi connectivity index (χ4v) is 22.7. The van der Waals surface area contributed by atoms with Gasteiger partial charge in [0.2, 0.25) is 11.6 Å². The van der Waals surface area contributed by atoms with Crippen molar-refractivity contribution in [3.05, 3.63) is 164 Å². The quantitative estimate of drug-likeness (QED) is 0.00909. The number of phenolic OH excluding ortho intramolecular Hbond substituents is 4. The number of phenols is 4. The number of carbonyl (C=O) groups excluding carboxylic acids is 4. The Balaban J connectivity index is 0.000000255. The molecule has 0 spiro atoms. The number of nitrogens with zero attached hydrogens (tertiary/aromatic N) is 6. The molecule has 4 aromatic carbocycles. The number of nitrogens with one attached hydrogen (secondary N) is 2. The van der Waals surface area contributed by atoms with E-state index < -0.39 is 28.8 Å². The van der Waals surface area contributed by atoms with E-state index in [2.05, 4.69) is 226 Å². The zero-order chi connectivity index (χ0) is 96.8. The third-order valence-corrected chi connectivity index (χ3v) is 31.8. The Morgan fingerprint density at radius 1 is 0.470 bits per heavy atom. The van der Waals surface area contributed by atoms with Crippen molar-refractivity contribution in [1.29, 1.82) is 0 Å². The van der Waals surface area contributed by atoms with Crippen molar-refractivity contribution in [3.8, 4) is 34.5 Å². The number of ether oxygens (including phenoxy) is 4. The molecule has 2 amide bonds. The molecule has 8 aliphatic rings. The van der Waals surface area contributed by atoms with E-state index >= 15 is 4.79 Å². The van der Waals surface area contributed by atoms with E-state index in [9.17, 15) is 45.0 Å². The maximum absolute atomic E-state index is 15.0. The van der Waals surface area contributed by atoms with Gasteiger partial charge in [-0.05, 0) is 245 Å². The van der Waals surface area contributed by atoms with Gasteiger partial charge in [0.05, 0.1) is 44.4 Å². The third kappa shape index (κ3) is 21.6. The number of thioether (sulfide) groups is 2. The second-order valence-corrected chi connectivity index (χ2v) is 43.0. The molecule has 0 saturated carbocycles. The number of allylic oxidation sites excluding steroid dienone is 12. The molecule has 0 bridgehead atoms. The Labute approximate surface area is 803 Å². The molecule has 2 saturated heterocycles. The highest BCUT2D eigenvalue weighted by atomic mass is 32.2. The number of fused-ring (bicyclic) bond motifs is 4. The van der Waals surface area contributed by atoms with Gasteiger partial charge in [-0.15, -0.1) is 0 Å². The van der Waals surface area contributed by atoms with Crippen LogP contribution in [-0.4, -0.2) is 183 Å². The van der Waals surface area contributed by atoms with Gasteiger partial charge in [-0.3, -0.25) is 14.9 Å². The van der Waals surface area contributed by atoms with Crippen molar-refractivity contribution >= 4 is 127 Å². The minimum absolute atomic E-state index is 0.0141. The summed E-state index contributed by atoms with van der Waals surface area (Å²) in [6.45, 7) is 52.2. The number of aliphatic imine (C=N–C) groups is 2. The number of thiocarbonyl (C=S) groups is 2. The van der Waals surface area contributed by atoms with Crippen molar-refractivity contribution in [1.82, 2.24) is 9.80 Å². The van der Waals surface area contributed by atoms with Crippen LogP contribution in [0.2, 0.25) is 0 Å². The van der Waals surface area contributed by atoms with E-state index in [1.807, 2.05) is 35.7 Å². The van der Waals surface area contributed by atoms with E-state index in [1.165, 1.54) is 105 Å². The Morgan fingerprint density at radius 3 is 1.26 bits per heavy atom. The summed E-state index contributed by atoms with van der Waals surface area (Å²) < 4.78 is 22.0. The first-order chi connectivity index (χ1) is 62.3. The van der Waals surface area contributed by atoms with Gasteiger partial charge in [-0.1, -0.05) is 146 Å². The number of amides is 2. The summed E-state index contributed by atoms with van der Waals surface area (Å²) in [5.74, 6) is 4.20. The largest absolute Gasteiger partial charge is 0.506 e. The van der Waals surface area contributed by atoms with Crippen molar-refractivity contribution in [2.45, 2.75) is 302 Å². The van der Waals surface area contributed by atoms with Gasteiger partial charge in [-0.25, -0.2) is 14.6 Å². The molecule has 4 heterocycles. The minimum atomic E-state index is -0.966. The summed E-state index contributed by atoms with van der Waals surface area (Å²) in [5.41, 5.74) is 11.1. The van der Waals surface area contributed by atoms with Crippen LogP contribution in [-0.2, 0) is 29.9 Å². The average Bonchev–Trinajstić information content (AvgIpc) is 1.44. The highest BCUT2D eigenvalue weighted by molar-refractivity contribution is 7.99. The van der Waals surface area contributed by atoms with Crippen LogP contribution in [0, 0.1) is 22.7 Å². The van der Waals surface area contributed by atoms with Crippen LogP contribution in [0.5, 0.6) is 34.5 Å². The number of aromatic hydroxyl groups is 4. The van der Waals surface area contributed by atoms with Gasteiger partial charge in [-0.2, -0.15) is 28.5 Å². The van der Waals surface area contributed by atoms with Crippen LogP contribution < -0.4 is 29.9 Å². The molecule has 12 rings (SSSR count). The third-order valence-electron chi connectivity index (χ3n) is 28.6. The van der Waals surface area contributed by atoms with Crippen LogP contribution in [0.15, 0.2) is 151 Å². The van der Waals surface area contributed by atoms with E-state index in [1.54, 1.807) is 12.1 Å². The zero-order valence-corrected chi connectivity index (χ0v) is 85.5. The molecule has 0 radical (unpaired) electrons. The summed E-state index contributed by atoms with van der Waals surface area (Å²) >= 11 is 16.1. The molecular formula is C106H144N8O14S4. The minimum Gasteiger partial charge on any atom is -0.506 e. The number of ketones is 2. The first kappa shape index (κ1) is 103. The molecule has 22 nitrogen and oxygen atoms in total. The van der Waals surface area contributed by atoms with Gasteiger partial charge in [0.15, 0.2) is 23.0 Å². The second kappa shape index (κ2) is 43.0. The van der Waals surface area contributed by atoms with Crippen LogP contribution >= 0.6 is 48.0 Å². The number of aliphatic hydroxyl groups excluding tert-OH is 2.